The summed E-state index contributed by atoms with van der Waals surface area (Å²) in [4.78, 5) is 16.2. The quantitative estimate of drug-likeness (QED) is 0.739. The Kier molecular flexibility index (Phi) is 3.24. The molecule has 3 rings (SSSR count). The SMILES string of the molecule is O=C(NCc1ncn[nH]1)C1NCCc2ccccc21. The lowest BCUT2D eigenvalue weighted by atomic mass is 9.94. The normalized spacial score (nSPS) is 17.8. The van der Waals surface area contributed by atoms with Crippen LogP contribution in [0, 0.1) is 0 Å². The predicted molar refractivity (Wildman–Crippen MR) is 69.1 cm³/mol. The summed E-state index contributed by atoms with van der Waals surface area (Å²) in [5.41, 5.74) is 2.30. The first-order valence-electron chi connectivity index (χ1n) is 6.28. The number of carbonyl (C=O) groups excluding carboxylic acids is 1. The standard InChI is InChI=1S/C13H15N5O/c19-13(15-7-11-16-8-17-18-11)12-10-4-2-1-3-9(10)5-6-14-12/h1-4,8,12,14H,5-7H2,(H,15,19)(H,16,17,18). The fraction of sp³-hybridized carbons (Fsp3) is 0.308. The predicted octanol–water partition coefficient (Wildman–Crippen LogP) is 0.308. The van der Waals surface area contributed by atoms with Crippen molar-refractivity contribution in [2.75, 3.05) is 6.54 Å². The van der Waals surface area contributed by atoms with E-state index >= 15 is 0 Å². The second-order valence-electron chi connectivity index (χ2n) is 4.49. The number of nitrogens with zero attached hydrogens (tertiary/aromatic N) is 2. The summed E-state index contributed by atoms with van der Waals surface area (Å²) in [6.45, 7) is 1.18. The summed E-state index contributed by atoms with van der Waals surface area (Å²) >= 11 is 0. The lowest BCUT2D eigenvalue weighted by molar-refractivity contribution is -0.123. The molecule has 1 unspecified atom stereocenters. The average Bonchev–Trinajstić information content (AvgIpc) is 2.97. The van der Waals surface area contributed by atoms with Crippen LogP contribution in [0.2, 0.25) is 0 Å². The van der Waals surface area contributed by atoms with Crippen LogP contribution < -0.4 is 10.6 Å². The molecule has 3 N–H and O–H groups in total. The van der Waals surface area contributed by atoms with Crippen molar-refractivity contribution in [3.8, 4) is 0 Å². The van der Waals surface area contributed by atoms with Gasteiger partial charge in [-0.05, 0) is 17.5 Å². The molecule has 0 spiro atoms. The Morgan fingerprint density at radius 1 is 1.42 bits per heavy atom. The highest BCUT2D eigenvalue weighted by atomic mass is 16.2. The van der Waals surface area contributed by atoms with Gasteiger partial charge in [-0.1, -0.05) is 24.3 Å². The second kappa shape index (κ2) is 5.19. The Hall–Kier alpha value is -2.21. The van der Waals surface area contributed by atoms with Gasteiger partial charge in [0.15, 0.2) is 0 Å². The van der Waals surface area contributed by atoms with Gasteiger partial charge in [-0.3, -0.25) is 9.89 Å². The summed E-state index contributed by atoms with van der Waals surface area (Å²) < 4.78 is 0. The van der Waals surface area contributed by atoms with Crippen molar-refractivity contribution in [1.29, 1.82) is 0 Å². The fourth-order valence-electron chi connectivity index (χ4n) is 2.33. The summed E-state index contributed by atoms with van der Waals surface area (Å²) in [6.07, 6.45) is 2.39. The van der Waals surface area contributed by atoms with E-state index in [1.165, 1.54) is 11.9 Å². The lowest BCUT2D eigenvalue weighted by Crippen LogP contribution is -2.41. The van der Waals surface area contributed by atoms with Crippen LogP contribution in [-0.4, -0.2) is 27.6 Å². The van der Waals surface area contributed by atoms with Gasteiger partial charge in [-0.2, -0.15) is 5.10 Å². The van der Waals surface area contributed by atoms with Gasteiger partial charge in [0.25, 0.3) is 0 Å². The van der Waals surface area contributed by atoms with Crippen molar-refractivity contribution < 1.29 is 4.79 Å². The van der Waals surface area contributed by atoms with Gasteiger partial charge < -0.3 is 10.6 Å². The maximum absolute atomic E-state index is 12.2. The summed E-state index contributed by atoms with van der Waals surface area (Å²) in [5, 5.41) is 12.6. The van der Waals surface area contributed by atoms with Gasteiger partial charge in [-0.15, -0.1) is 0 Å². The zero-order valence-electron chi connectivity index (χ0n) is 10.4. The van der Waals surface area contributed by atoms with Crippen LogP contribution in [0.5, 0.6) is 0 Å². The second-order valence-corrected chi connectivity index (χ2v) is 4.49. The Bertz CT molecular complexity index is 566. The maximum atomic E-state index is 12.2. The number of nitrogens with one attached hydrogen (secondary N) is 3. The van der Waals surface area contributed by atoms with E-state index in [1.54, 1.807) is 0 Å². The molecule has 1 aromatic carbocycles. The first kappa shape index (κ1) is 11.9. The van der Waals surface area contributed by atoms with E-state index in [-0.39, 0.29) is 11.9 Å². The Morgan fingerprint density at radius 3 is 3.16 bits per heavy atom. The van der Waals surface area contributed by atoms with Crippen LogP contribution in [0.15, 0.2) is 30.6 Å². The van der Waals surface area contributed by atoms with Gasteiger partial charge in [0, 0.05) is 6.54 Å². The molecule has 98 valence electrons. The Morgan fingerprint density at radius 2 is 2.32 bits per heavy atom. The molecule has 0 fully saturated rings. The number of hydrogen-bond acceptors (Lipinski definition) is 4. The zero-order valence-corrected chi connectivity index (χ0v) is 10.4. The minimum Gasteiger partial charge on any atom is -0.347 e. The Labute approximate surface area is 110 Å². The monoisotopic (exact) mass is 257 g/mol. The van der Waals surface area contributed by atoms with E-state index in [4.69, 9.17) is 0 Å². The lowest BCUT2D eigenvalue weighted by Gasteiger charge is -2.25. The Balaban J connectivity index is 1.71. The molecule has 1 amide bonds. The molecule has 6 heteroatoms. The van der Waals surface area contributed by atoms with E-state index in [9.17, 15) is 4.79 Å². The molecule has 0 bridgehead atoms. The van der Waals surface area contributed by atoms with Crippen LogP contribution in [-0.2, 0) is 17.8 Å². The number of fused-ring (bicyclic) bond motifs is 1. The van der Waals surface area contributed by atoms with Crippen molar-refractivity contribution in [3.05, 3.63) is 47.5 Å². The number of H-pyrrole nitrogens is 1. The molecule has 19 heavy (non-hydrogen) atoms. The number of aromatic amines is 1. The molecule has 0 aliphatic carbocycles. The molecule has 1 aromatic heterocycles. The average molecular weight is 257 g/mol. The summed E-state index contributed by atoms with van der Waals surface area (Å²) in [6, 6.07) is 7.76. The number of hydrogen-bond donors (Lipinski definition) is 3. The third kappa shape index (κ3) is 2.48. The third-order valence-electron chi connectivity index (χ3n) is 3.27. The van der Waals surface area contributed by atoms with Crippen molar-refractivity contribution >= 4 is 5.91 Å². The number of carbonyl (C=O) groups is 1. The fourth-order valence-corrected chi connectivity index (χ4v) is 2.33. The topological polar surface area (TPSA) is 82.7 Å². The maximum Gasteiger partial charge on any atom is 0.242 e. The first-order chi connectivity index (χ1) is 9.34. The molecular formula is C13H15N5O. The number of amides is 1. The van der Waals surface area contributed by atoms with Gasteiger partial charge >= 0.3 is 0 Å². The number of aromatic nitrogens is 3. The van der Waals surface area contributed by atoms with E-state index in [0.717, 1.165) is 18.5 Å². The summed E-state index contributed by atoms with van der Waals surface area (Å²) in [7, 11) is 0. The molecular weight excluding hydrogens is 242 g/mol. The van der Waals surface area contributed by atoms with Crippen molar-refractivity contribution in [2.24, 2.45) is 0 Å². The molecule has 0 radical (unpaired) electrons. The molecule has 0 saturated carbocycles. The molecule has 1 atom stereocenters. The highest BCUT2D eigenvalue weighted by Gasteiger charge is 2.25. The van der Waals surface area contributed by atoms with Crippen LogP contribution >= 0.6 is 0 Å². The molecule has 1 aliphatic rings. The van der Waals surface area contributed by atoms with E-state index in [0.29, 0.717) is 12.4 Å². The van der Waals surface area contributed by atoms with E-state index in [2.05, 4.69) is 31.9 Å². The van der Waals surface area contributed by atoms with Crippen LogP contribution in [0.3, 0.4) is 0 Å². The van der Waals surface area contributed by atoms with Gasteiger partial charge in [-0.25, -0.2) is 4.98 Å². The smallest absolute Gasteiger partial charge is 0.242 e. The highest BCUT2D eigenvalue weighted by Crippen LogP contribution is 2.22. The third-order valence-corrected chi connectivity index (χ3v) is 3.27. The van der Waals surface area contributed by atoms with Crippen molar-refractivity contribution in [1.82, 2.24) is 25.8 Å². The van der Waals surface area contributed by atoms with Gasteiger partial charge in [0.1, 0.15) is 18.2 Å². The highest BCUT2D eigenvalue weighted by molar-refractivity contribution is 5.83. The molecule has 6 nitrogen and oxygen atoms in total. The van der Waals surface area contributed by atoms with Crippen LogP contribution in [0.25, 0.3) is 0 Å². The van der Waals surface area contributed by atoms with E-state index in [1.807, 2.05) is 18.2 Å². The van der Waals surface area contributed by atoms with Gasteiger partial charge in [0.2, 0.25) is 5.91 Å². The van der Waals surface area contributed by atoms with E-state index < -0.39 is 0 Å². The van der Waals surface area contributed by atoms with Crippen LogP contribution in [0.1, 0.15) is 23.0 Å². The minimum absolute atomic E-state index is 0.0384. The largest absolute Gasteiger partial charge is 0.347 e. The molecule has 1 aliphatic heterocycles. The summed E-state index contributed by atoms with van der Waals surface area (Å²) in [5.74, 6) is 0.612. The number of benzene rings is 1. The zero-order chi connectivity index (χ0) is 13.1. The van der Waals surface area contributed by atoms with Gasteiger partial charge in [0.05, 0.1) is 6.54 Å². The molecule has 0 saturated heterocycles. The minimum atomic E-state index is -0.284. The molecule has 2 heterocycles. The first-order valence-corrected chi connectivity index (χ1v) is 6.28. The van der Waals surface area contributed by atoms with Crippen molar-refractivity contribution in [3.63, 3.8) is 0 Å². The molecule has 2 aromatic rings. The van der Waals surface area contributed by atoms with Crippen LogP contribution in [0.4, 0.5) is 0 Å². The van der Waals surface area contributed by atoms with Crippen molar-refractivity contribution in [2.45, 2.75) is 19.0 Å². The number of rotatable bonds is 3.